The molecule has 2 rings (SSSR count). The summed E-state index contributed by atoms with van der Waals surface area (Å²) in [7, 11) is 0. The van der Waals surface area contributed by atoms with Crippen LogP contribution in [0.4, 0.5) is 0 Å². The topological polar surface area (TPSA) is 17.1 Å². The van der Waals surface area contributed by atoms with Crippen molar-refractivity contribution in [2.45, 2.75) is 51.9 Å². The van der Waals surface area contributed by atoms with E-state index in [9.17, 15) is 4.79 Å². The largest absolute Gasteiger partial charge is 0.294 e. The Morgan fingerprint density at radius 3 is 2.50 bits per heavy atom. The SMILES string of the molecule is CC(=O)c1c(C)cccc1C1CCCCC1. The lowest BCUT2D eigenvalue weighted by Crippen LogP contribution is -2.10. The first kappa shape index (κ1) is 11.4. The van der Waals surface area contributed by atoms with Crippen LogP contribution in [0.5, 0.6) is 0 Å². The molecule has 1 heteroatoms. The van der Waals surface area contributed by atoms with Gasteiger partial charge < -0.3 is 0 Å². The second-order valence-electron chi connectivity index (χ2n) is 4.93. The average molecular weight is 216 g/mol. The lowest BCUT2D eigenvalue weighted by molar-refractivity contribution is 0.101. The van der Waals surface area contributed by atoms with Gasteiger partial charge in [0.2, 0.25) is 0 Å². The van der Waals surface area contributed by atoms with Gasteiger partial charge in [-0.15, -0.1) is 0 Å². The van der Waals surface area contributed by atoms with Crippen LogP contribution in [0.2, 0.25) is 0 Å². The number of carbonyl (C=O) groups is 1. The number of ketones is 1. The average Bonchev–Trinajstić information content (AvgIpc) is 2.29. The van der Waals surface area contributed by atoms with Crippen molar-refractivity contribution in [1.29, 1.82) is 0 Å². The van der Waals surface area contributed by atoms with Gasteiger partial charge in [-0.3, -0.25) is 4.79 Å². The second kappa shape index (κ2) is 4.82. The van der Waals surface area contributed by atoms with Crippen molar-refractivity contribution in [3.05, 3.63) is 34.9 Å². The van der Waals surface area contributed by atoms with Crippen molar-refractivity contribution in [2.24, 2.45) is 0 Å². The lowest BCUT2D eigenvalue weighted by atomic mass is 9.80. The third kappa shape index (κ3) is 2.18. The minimum atomic E-state index is 0.221. The van der Waals surface area contributed by atoms with Gasteiger partial charge in [0.1, 0.15) is 0 Å². The summed E-state index contributed by atoms with van der Waals surface area (Å²) < 4.78 is 0. The summed E-state index contributed by atoms with van der Waals surface area (Å²) in [6.07, 6.45) is 6.50. The molecule has 1 aromatic rings. The summed E-state index contributed by atoms with van der Waals surface area (Å²) >= 11 is 0. The van der Waals surface area contributed by atoms with Gasteiger partial charge in [0.25, 0.3) is 0 Å². The van der Waals surface area contributed by atoms with E-state index in [1.54, 1.807) is 6.92 Å². The van der Waals surface area contributed by atoms with Crippen LogP contribution in [0.15, 0.2) is 18.2 Å². The molecular weight excluding hydrogens is 196 g/mol. The summed E-state index contributed by atoms with van der Waals surface area (Å²) in [4.78, 5) is 11.7. The highest BCUT2D eigenvalue weighted by Gasteiger charge is 2.20. The summed E-state index contributed by atoms with van der Waals surface area (Å²) in [5, 5.41) is 0. The Morgan fingerprint density at radius 2 is 1.88 bits per heavy atom. The Bertz CT molecular complexity index is 386. The molecule has 0 spiro atoms. The quantitative estimate of drug-likeness (QED) is 0.675. The van der Waals surface area contributed by atoms with Crippen molar-refractivity contribution >= 4 is 5.78 Å². The molecule has 16 heavy (non-hydrogen) atoms. The zero-order valence-corrected chi connectivity index (χ0v) is 10.3. The predicted molar refractivity (Wildman–Crippen MR) is 67.0 cm³/mol. The molecule has 0 amide bonds. The molecule has 0 bridgehead atoms. The van der Waals surface area contributed by atoms with Gasteiger partial charge in [0, 0.05) is 5.56 Å². The van der Waals surface area contributed by atoms with Crippen LogP contribution in [0.3, 0.4) is 0 Å². The maximum Gasteiger partial charge on any atom is 0.160 e. The Balaban J connectivity index is 2.38. The van der Waals surface area contributed by atoms with Crippen molar-refractivity contribution in [3.63, 3.8) is 0 Å². The Morgan fingerprint density at radius 1 is 1.19 bits per heavy atom. The molecule has 1 aliphatic carbocycles. The van der Waals surface area contributed by atoms with Crippen LogP contribution < -0.4 is 0 Å². The minimum absolute atomic E-state index is 0.221. The van der Waals surface area contributed by atoms with Gasteiger partial charge in [-0.05, 0) is 43.7 Å². The summed E-state index contributed by atoms with van der Waals surface area (Å²) in [6, 6.07) is 6.29. The van der Waals surface area contributed by atoms with E-state index in [4.69, 9.17) is 0 Å². The molecule has 0 unspecified atom stereocenters. The Kier molecular flexibility index (Phi) is 3.42. The highest BCUT2D eigenvalue weighted by atomic mass is 16.1. The molecule has 0 radical (unpaired) electrons. The molecule has 86 valence electrons. The van der Waals surface area contributed by atoms with Gasteiger partial charge in [-0.1, -0.05) is 37.5 Å². The second-order valence-corrected chi connectivity index (χ2v) is 4.93. The molecule has 1 aliphatic rings. The number of hydrogen-bond donors (Lipinski definition) is 0. The van der Waals surface area contributed by atoms with Crippen molar-refractivity contribution in [1.82, 2.24) is 0 Å². The van der Waals surface area contributed by atoms with Crippen LogP contribution >= 0.6 is 0 Å². The Hall–Kier alpha value is -1.11. The summed E-state index contributed by atoms with van der Waals surface area (Å²) in [5.74, 6) is 0.839. The molecule has 0 saturated heterocycles. The van der Waals surface area contributed by atoms with E-state index in [2.05, 4.69) is 12.1 Å². The number of Topliss-reactive ketones (excluding diaryl/α,β-unsaturated/α-hetero) is 1. The summed E-state index contributed by atoms with van der Waals surface area (Å²) in [6.45, 7) is 3.73. The van der Waals surface area contributed by atoms with E-state index in [1.807, 2.05) is 13.0 Å². The molecule has 0 aliphatic heterocycles. The smallest absolute Gasteiger partial charge is 0.160 e. The van der Waals surface area contributed by atoms with Crippen molar-refractivity contribution in [2.75, 3.05) is 0 Å². The summed E-state index contributed by atoms with van der Waals surface area (Å²) in [5.41, 5.74) is 3.41. The molecule has 0 heterocycles. The Labute approximate surface area is 97.9 Å². The van der Waals surface area contributed by atoms with Crippen molar-refractivity contribution in [3.8, 4) is 0 Å². The predicted octanol–water partition coefficient (Wildman–Crippen LogP) is 4.25. The molecule has 1 nitrogen and oxygen atoms in total. The highest BCUT2D eigenvalue weighted by Crippen LogP contribution is 2.35. The third-order valence-electron chi connectivity index (χ3n) is 3.70. The van der Waals surface area contributed by atoms with E-state index in [0.717, 1.165) is 11.1 Å². The van der Waals surface area contributed by atoms with E-state index in [0.29, 0.717) is 5.92 Å². The monoisotopic (exact) mass is 216 g/mol. The first-order valence-corrected chi connectivity index (χ1v) is 6.30. The first-order valence-electron chi connectivity index (χ1n) is 6.30. The fourth-order valence-corrected chi connectivity index (χ4v) is 2.93. The number of rotatable bonds is 2. The molecule has 1 fully saturated rings. The maximum atomic E-state index is 11.7. The van der Waals surface area contributed by atoms with Crippen LogP contribution in [0.25, 0.3) is 0 Å². The maximum absolute atomic E-state index is 11.7. The van der Waals surface area contributed by atoms with Crippen molar-refractivity contribution < 1.29 is 4.79 Å². The zero-order valence-electron chi connectivity index (χ0n) is 10.3. The number of hydrogen-bond acceptors (Lipinski definition) is 1. The van der Waals surface area contributed by atoms with Gasteiger partial charge in [0.05, 0.1) is 0 Å². The van der Waals surface area contributed by atoms with Crippen LogP contribution in [-0.2, 0) is 0 Å². The fraction of sp³-hybridized carbons (Fsp3) is 0.533. The molecule has 0 atom stereocenters. The van der Waals surface area contributed by atoms with Gasteiger partial charge in [-0.25, -0.2) is 0 Å². The lowest BCUT2D eigenvalue weighted by Gasteiger charge is -2.24. The molecule has 0 N–H and O–H groups in total. The highest BCUT2D eigenvalue weighted by molar-refractivity contribution is 5.97. The van der Waals surface area contributed by atoms with Crippen LogP contribution in [-0.4, -0.2) is 5.78 Å². The number of aryl methyl sites for hydroxylation is 1. The first-order chi connectivity index (χ1) is 7.70. The number of carbonyl (C=O) groups excluding carboxylic acids is 1. The molecule has 1 saturated carbocycles. The molecule has 1 aromatic carbocycles. The standard InChI is InChI=1S/C15H20O/c1-11-7-6-10-14(15(11)12(2)16)13-8-4-3-5-9-13/h6-7,10,13H,3-5,8-9H2,1-2H3. The minimum Gasteiger partial charge on any atom is -0.294 e. The third-order valence-corrected chi connectivity index (χ3v) is 3.70. The van der Waals surface area contributed by atoms with Gasteiger partial charge in [0.15, 0.2) is 5.78 Å². The van der Waals surface area contributed by atoms with Crippen LogP contribution in [0, 0.1) is 6.92 Å². The fourth-order valence-electron chi connectivity index (χ4n) is 2.93. The normalized spacial score (nSPS) is 17.4. The van der Waals surface area contributed by atoms with E-state index in [-0.39, 0.29) is 5.78 Å². The van der Waals surface area contributed by atoms with Crippen LogP contribution in [0.1, 0.15) is 66.4 Å². The molecule has 0 aromatic heterocycles. The number of benzene rings is 1. The zero-order chi connectivity index (χ0) is 11.5. The van der Waals surface area contributed by atoms with E-state index in [1.165, 1.54) is 37.7 Å². The van der Waals surface area contributed by atoms with Gasteiger partial charge >= 0.3 is 0 Å². The molecular formula is C15H20O. The van der Waals surface area contributed by atoms with E-state index < -0.39 is 0 Å². The van der Waals surface area contributed by atoms with E-state index >= 15 is 0 Å². The van der Waals surface area contributed by atoms with Gasteiger partial charge in [-0.2, -0.15) is 0 Å².